The molecule has 4 aliphatic rings. The van der Waals surface area contributed by atoms with Crippen LogP contribution in [0.15, 0.2) is 47.6 Å². The van der Waals surface area contributed by atoms with Gasteiger partial charge in [0.1, 0.15) is 30.1 Å². The van der Waals surface area contributed by atoms with Crippen molar-refractivity contribution in [3.8, 4) is 0 Å². The molecule has 2 saturated heterocycles. The molecule has 15 atom stereocenters. The quantitative estimate of drug-likeness (QED) is 0.154. The summed E-state index contributed by atoms with van der Waals surface area (Å²) in [7, 11) is 6.31. The number of rotatable bonds is 7. The summed E-state index contributed by atoms with van der Waals surface area (Å²) < 4.78 is 35.3. The molecule has 14 heteroatoms. The third-order valence-corrected chi connectivity index (χ3v) is 14.8. The van der Waals surface area contributed by atoms with E-state index >= 15 is 0 Å². The summed E-state index contributed by atoms with van der Waals surface area (Å²) in [5, 5.41) is 23.4. The number of amides is 1. The van der Waals surface area contributed by atoms with Crippen molar-refractivity contribution in [1.29, 1.82) is 0 Å². The highest BCUT2D eigenvalue weighted by Gasteiger charge is 2.53. The van der Waals surface area contributed by atoms with Gasteiger partial charge in [-0.25, -0.2) is 4.79 Å². The van der Waals surface area contributed by atoms with E-state index < -0.39 is 77.8 Å². The van der Waals surface area contributed by atoms with E-state index in [1.165, 1.54) is 12.0 Å². The van der Waals surface area contributed by atoms with Crippen LogP contribution >= 0.6 is 0 Å². The number of ether oxygens (including phenoxy) is 6. The fourth-order valence-electron chi connectivity index (χ4n) is 10.4. The zero-order valence-electron chi connectivity index (χ0n) is 41.6. The van der Waals surface area contributed by atoms with E-state index in [9.17, 15) is 34.2 Å². The van der Waals surface area contributed by atoms with Crippen LogP contribution in [0.25, 0.3) is 0 Å². The van der Waals surface area contributed by atoms with Crippen molar-refractivity contribution in [3.05, 3.63) is 47.6 Å². The first-order chi connectivity index (χ1) is 31.3. The number of carbonyl (C=O) groups is 5. The SMILES string of the molecule is COC1C(=O)C(C)C[C@H](C)/C=C/C=C/C=C(\C)[C@@H](OC)C[C@@H]2CCC(C)C(O)(O2)C(=O)C(=O)N2CCCCC2C(=O)O[C@H]([C@H](C)CC2CC[C@@H](OC)C(OC)C2)CC(=O)[C@H](C)/C=C(\C)[C@H]1O. The number of Topliss-reactive ketones (excluding diaryl/α,β-unsaturated/α-hetero) is 3. The number of ketones is 3. The molecule has 2 N–H and O–H groups in total. The second-order valence-electron chi connectivity index (χ2n) is 19.8. The van der Waals surface area contributed by atoms with Gasteiger partial charge in [0.25, 0.3) is 11.7 Å². The van der Waals surface area contributed by atoms with Gasteiger partial charge in [0.2, 0.25) is 5.79 Å². The number of methoxy groups -OCH3 is 4. The highest BCUT2D eigenvalue weighted by Crippen LogP contribution is 2.38. The number of hydrogen-bond donors (Lipinski definition) is 2. The van der Waals surface area contributed by atoms with Gasteiger partial charge in [0, 0.05) is 65.6 Å². The van der Waals surface area contributed by atoms with E-state index in [0.717, 1.165) is 24.8 Å². The lowest BCUT2D eigenvalue weighted by Crippen LogP contribution is -2.61. The van der Waals surface area contributed by atoms with E-state index in [1.807, 2.05) is 58.1 Å². The van der Waals surface area contributed by atoms with E-state index in [1.54, 1.807) is 48.2 Å². The van der Waals surface area contributed by atoms with Crippen LogP contribution < -0.4 is 0 Å². The van der Waals surface area contributed by atoms with Crippen LogP contribution in [0.1, 0.15) is 126 Å². The summed E-state index contributed by atoms with van der Waals surface area (Å²) in [6, 6.07) is -1.12. The Morgan fingerprint density at radius 1 is 0.818 bits per heavy atom. The number of hydrogen-bond acceptors (Lipinski definition) is 13. The fourth-order valence-corrected chi connectivity index (χ4v) is 10.4. The monoisotopic (exact) mass is 928 g/mol. The second kappa shape index (κ2) is 25.8. The van der Waals surface area contributed by atoms with Crippen molar-refractivity contribution in [3.63, 3.8) is 0 Å². The molecule has 1 saturated carbocycles. The van der Waals surface area contributed by atoms with E-state index in [2.05, 4.69) is 0 Å². The summed E-state index contributed by atoms with van der Waals surface area (Å²) in [6.45, 7) is 12.8. The van der Waals surface area contributed by atoms with Crippen molar-refractivity contribution >= 4 is 29.2 Å². The molecule has 3 fully saturated rings. The van der Waals surface area contributed by atoms with Crippen molar-refractivity contribution in [1.82, 2.24) is 4.90 Å². The van der Waals surface area contributed by atoms with Gasteiger partial charge >= 0.3 is 5.97 Å². The molecular weight excluding hydrogens is 847 g/mol. The highest BCUT2D eigenvalue weighted by molar-refractivity contribution is 6.39. The zero-order valence-corrected chi connectivity index (χ0v) is 41.6. The zero-order chi connectivity index (χ0) is 48.9. The van der Waals surface area contributed by atoms with Crippen LogP contribution in [0.2, 0.25) is 0 Å². The summed E-state index contributed by atoms with van der Waals surface area (Å²) in [4.78, 5) is 72.0. The third-order valence-electron chi connectivity index (χ3n) is 14.8. The first-order valence-corrected chi connectivity index (χ1v) is 24.3. The van der Waals surface area contributed by atoms with Crippen molar-refractivity contribution < 1.29 is 62.6 Å². The minimum atomic E-state index is -2.42. The Morgan fingerprint density at radius 3 is 2.20 bits per heavy atom. The van der Waals surface area contributed by atoms with Gasteiger partial charge in [-0.3, -0.25) is 19.2 Å². The molecule has 3 heterocycles. The largest absolute Gasteiger partial charge is 0.460 e. The average Bonchev–Trinajstić information content (AvgIpc) is 3.30. The maximum Gasteiger partial charge on any atom is 0.329 e. The molecule has 14 nitrogen and oxygen atoms in total. The van der Waals surface area contributed by atoms with Crippen LogP contribution in [0, 0.1) is 35.5 Å². The summed E-state index contributed by atoms with van der Waals surface area (Å²) in [5.74, 6) is -7.72. The second-order valence-corrected chi connectivity index (χ2v) is 19.8. The maximum atomic E-state index is 14.4. The molecule has 3 aliphatic heterocycles. The predicted octanol–water partition coefficient (Wildman–Crippen LogP) is 6.83. The van der Waals surface area contributed by atoms with Gasteiger partial charge in [-0.15, -0.1) is 0 Å². The van der Waals surface area contributed by atoms with Gasteiger partial charge in [0.05, 0.1) is 24.4 Å². The first kappa shape index (κ1) is 55.2. The number of aliphatic hydroxyl groups excluding tert-OH is 1. The van der Waals surface area contributed by atoms with E-state index in [-0.39, 0.29) is 60.9 Å². The lowest BCUT2D eigenvalue weighted by atomic mass is 9.78. The predicted molar refractivity (Wildman–Crippen MR) is 250 cm³/mol. The lowest BCUT2D eigenvalue weighted by molar-refractivity contribution is -0.265. The standard InChI is InChI=1S/C52H81NO13/c1-31-17-13-12-14-18-32(2)43(62-9)29-39-22-20-37(7)52(60,66-39)49(57)50(58)53-24-16-15-19-40(53)51(59)65-44(34(4)27-38-21-23-42(61-8)45(28-38)63-10)30-41(54)33(3)26-36(6)47(56)48(64-11)46(55)35(5)25-31/h12-14,17-18,26,31,33-35,37-40,42-45,47-48,56,60H,15-16,19-25,27-30H2,1-11H3/b14-12+,17-13+,32-18+,36-26+/t31-,33-,34-,35?,37?,38?,39+,40?,42-,43+,44+,45?,47-,48?,52?/m1/s1. The van der Waals surface area contributed by atoms with Crippen molar-refractivity contribution in [2.75, 3.05) is 35.0 Å². The number of nitrogens with zero attached hydrogens (tertiary/aromatic N) is 1. The molecule has 0 radical (unpaired) electrons. The van der Waals surface area contributed by atoms with Crippen LogP contribution in [0.5, 0.6) is 0 Å². The number of aliphatic hydroxyl groups is 2. The Hall–Kier alpha value is -3.37. The van der Waals surface area contributed by atoms with Gasteiger partial charge in [-0.05, 0) is 107 Å². The number of piperidine rings is 1. The topological polar surface area (TPSA) is 184 Å². The maximum absolute atomic E-state index is 14.4. The van der Waals surface area contributed by atoms with Crippen LogP contribution in [0.4, 0.5) is 0 Å². The molecule has 2 bridgehead atoms. The number of allylic oxidation sites excluding steroid dienone is 6. The van der Waals surface area contributed by atoms with Crippen LogP contribution in [-0.2, 0) is 52.4 Å². The normalized spacial score (nSPS) is 40.0. The van der Waals surface area contributed by atoms with Gasteiger partial charge in [-0.2, -0.15) is 0 Å². The number of esters is 1. The smallest absolute Gasteiger partial charge is 0.329 e. The Labute approximate surface area is 393 Å². The number of fused-ring (bicyclic) bond motifs is 3. The van der Waals surface area contributed by atoms with Crippen LogP contribution in [-0.4, -0.2) is 134 Å². The van der Waals surface area contributed by atoms with Gasteiger partial charge in [0.15, 0.2) is 5.78 Å². The summed E-state index contributed by atoms with van der Waals surface area (Å²) in [5.41, 5.74) is 1.29. The number of carbonyl (C=O) groups excluding carboxylic acids is 5. The molecule has 7 unspecified atom stereocenters. The van der Waals surface area contributed by atoms with E-state index in [4.69, 9.17) is 28.4 Å². The molecule has 372 valence electrons. The molecule has 0 aromatic heterocycles. The first-order valence-electron chi connectivity index (χ1n) is 24.3. The minimum absolute atomic E-state index is 0.0246. The number of cyclic esters (lactones) is 1. The molecule has 0 spiro atoms. The van der Waals surface area contributed by atoms with Crippen molar-refractivity contribution in [2.45, 2.75) is 180 Å². The van der Waals surface area contributed by atoms with Gasteiger partial charge < -0.3 is 43.5 Å². The van der Waals surface area contributed by atoms with Crippen molar-refractivity contribution in [2.24, 2.45) is 35.5 Å². The summed E-state index contributed by atoms with van der Waals surface area (Å²) >= 11 is 0. The highest BCUT2D eigenvalue weighted by atomic mass is 16.6. The molecule has 0 aromatic carbocycles. The Morgan fingerprint density at radius 2 is 1.53 bits per heavy atom. The third kappa shape index (κ3) is 14.3. The Kier molecular flexibility index (Phi) is 21.6. The average molecular weight is 928 g/mol. The molecular formula is C52H81NO13. The Balaban J connectivity index is 1.70. The van der Waals surface area contributed by atoms with Crippen LogP contribution in [0.3, 0.4) is 0 Å². The van der Waals surface area contributed by atoms with E-state index in [0.29, 0.717) is 50.5 Å². The molecule has 1 amide bonds. The Bertz CT molecular complexity index is 1770. The molecule has 0 aromatic rings. The minimum Gasteiger partial charge on any atom is -0.460 e. The molecule has 4 rings (SSSR count). The molecule has 1 aliphatic carbocycles. The summed E-state index contributed by atoms with van der Waals surface area (Å²) in [6.07, 6.45) is 12.7. The van der Waals surface area contributed by atoms with Gasteiger partial charge in [-0.1, -0.05) is 71.1 Å². The lowest BCUT2D eigenvalue weighted by Gasteiger charge is -2.42. The fraction of sp³-hybridized carbons (Fsp3) is 0.750. The molecule has 66 heavy (non-hydrogen) atoms.